The molecule has 4 heteroatoms. The molecule has 100 valence electrons. The lowest BCUT2D eigenvalue weighted by molar-refractivity contribution is 0.0764. The van der Waals surface area contributed by atoms with Crippen LogP contribution in [0.5, 0.6) is 0 Å². The molecule has 1 unspecified atom stereocenters. The van der Waals surface area contributed by atoms with E-state index in [2.05, 4.69) is 0 Å². The van der Waals surface area contributed by atoms with Gasteiger partial charge in [-0.1, -0.05) is 17.7 Å². The van der Waals surface area contributed by atoms with E-state index in [1.54, 1.807) is 19.1 Å². The van der Waals surface area contributed by atoms with Crippen LogP contribution >= 0.6 is 0 Å². The Morgan fingerprint density at radius 1 is 1.44 bits per heavy atom. The number of methoxy groups -OCH3 is 1. The summed E-state index contributed by atoms with van der Waals surface area (Å²) in [6.45, 7) is 4.90. The number of nitrogens with two attached hydrogens (primary N) is 1. The van der Waals surface area contributed by atoms with Crippen LogP contribution in [0.25, 0.3) is 0 Å². The summed E-state index contributed by atoms with van der Waals surface area (Å²) in [6, 6.07) is 5.67. The average Bonchev–Trinajstić information content (AvgIpc) is 2.28. The molecule has 1 amide bonds. The van der Waals surface area contributed by atoms with Crippen molar-refractivity contribution in [3.8, 4) is 0 Å². The standard InChI is InChI=1S/C14H22N2O2/c1-10-5-6-13(11(2)7-10)14(17)16(3)8-12(15)9-18-4/h5-7,12H,8-9,15H2,1-4H3. The van der Waals surface area contributed by atoms with Crippen molar-refractivity contribution in [2.24, 2.45) is 5.73 Å². The van der Waals surface area contributed by atoms with Gasteiger partial charge >= 0.3 is 0 Å². The number of nitrogens with zero attached hydrogens (tertiary/aromatic N) is 1. The van der Waals surface area contributed by atoms with E-state index in [1.165, 1.54) is 0 Å². The molecular formula is C14H22N2O2. The Hall–Kier alpha value is -1.39. The van der Waals surface area contributed by atoms with Crippen molar-refractivity contribution in [1.29, 1.82) is 0 Å². The average molecular weight is 250 g/mol. The fraction of sp³-hybridized carbons (Fsp3) is 0.500. The molecule has 1 atom stereocenters. The van der Waals surface area contributed by atoms with Gasteiger partial charge < -0.3 is 15.4 Å². The van der Waals surface area contributed by atoms with Gasteiger partial charge in [-0.25, -0.2) is 0 Å². The minimum Gasteiger partial charge on any atom is -0.383 e. The molecule has 0 aliphatic carbocycles. The SMILES string of the molecule is COCC(N)CN(C)C(=O)c1ccc(C)cc1C. The molecule has 0 aliphatic heterocycles. The third kappa shape index (κ3) is 3.82. The Morgan fingerprint density at radius 2 is 2.11 bits per heavy atom. The lowest BCUT2D eigenvalue weighted by atomic mass is 10.0. The maximum Gasteiger partial charge on any atom is 0.253 e. The highest BCUT2D eigenvalue weighted by molar-refractivity contribution is 5.95. The van der Waals surface area contributed by atoms with Crippen LogP contribution in [0.15, 0.2) is 18.2 Å². The molecule has 2 N–H and O–H groups in total. The summed E-state index contributed by atoms with van der Waals surface area (Å²) in [5, 5.41) is 0. The Balaban J connectivity index is 2.74. The molecule has 0 fully saturated rings. The highest BCUT2D eigenvalue weighted by Crippen LogP contribution is 2.12. The summed E-state index contributed by atoms with van der Waals surface area (Å²) in [4.78, 5) is 13.9. The second-order valence-corrected chi connectivity index (χ2v) is 4.72. The molecule has 0 heterocycles. The number of rotatable bonds is 5. The highest BCUT2D eigenvalue weighted by Gasteiger charge is 2.16. The first-order valence-corrected chi connectivity index (χ1v) is 6.03. The van der Waals surface area contributed by atoms with Crippen molar-refractivity contribution in [3.05, 3.63) is 34.9 Å². The predicted octanol–water partition coefficient (Wildman–Crippen LogP) is 1.35. The number of carbonyl (C=O) groups is 1. The molecular weight excluding hydrogens is 228 g/mol. The number of benzene rings is 1. The van der Waals surface area contributed by atoms with Gasteiger partial charge in [0.05, 0.1) is 6.61 Å². The number of aryl methyl sites for hydroxylation is 2. The molecule has 1 rings (SSSR count). The van der Waals surface area contributed by atoms with Gasteiger partial charge in [-0.2, -0.15) is 0 Å². The minimum atomic E-state index is -0.158. The normalized spacial score (nSPS) is 12.3. The summed E-state index contributed by atoms with van der Waals surface area (Å²) in [5.74, 6) is -0.000877. The van der Waals surface area contributed by atoms with Gasteiger partial charge in [0.2, 0.25) is 0 Å². The predicted molar refractivity (Wildman–Crippen MR) is 72.7 cm³/mol. The molecule has 4 nitrogen and oxygen atoms in total. The number of hydrogen-bond acceptors (Lipinski definition) is 3. The summed E-state index contributed by atoms with van der Waals surface area (Å²) in [5.41, 5.74) is 8.72. The Bertz CT molecular complexity index is 418. The van der Waals surface area contributed by atoms with Gasteiger partial charge in [0, 0.05) is 32.3 Å². The number of carbonyl (C=O) groups excluding carboxylic acids is 1. The van der Waals surface area contributed by atoms with Crippen LogP contribution in [-0.4, -0.2) is 44.2 Å². The highest BCUT2D eigenvalue weighted by atomic mass is 16.5. The summed E-state index contributed by atoms with van der Waals surface area (Å²) in [7, 11) is 3.36. The van der Waals surface area contributed by atoms with E-state index in [9.17, 15) is 4.79 Å². The maximum absolute atomic E-state index is 12.2. The van der Waals surface area contributed by atoms with Crippen LogP contribution in [0, 0.1) is 13.8 Å². The van der Waals surface area contributed by atoms with E-state index in [0.717, 1.165) is 16.7 Å². The molecule has 0 spiro atoms. The molecule has 1 aromatic rings. The van der Waals surface area contributed by atoms with Gasteiger partial charge in [0.25, 0.3) is 5.91 Å². The molecule has 0 aromatic heterocycles. The van der Waals surface area contributed by atoms with Crippen LogP contribution in [0.4, 0.5) is 0 Å². The van der Waals surface area contributed by atoms with Gasteiger partial charge in [0.1, 0.15) is 0 Å². The molecule has 0 saturated carbocycles. The second kappa shape index (κ2) is 6.52. The zero-order valence-corrected chi connectivity index (χ0v) is 11.6. The van der Waals surface area contributed by atoms with Gasteiger partial charge in [0.15, 0.2) is 0 Å². The van der Waals surface area contributed by atoms with Crippen molar-refractivity contribution in [1.82, 2.24) is 4.90 Å². The molecule has 18 heavy (non-hydrogen) atoms. The smallest absolute Gasteiger partial charge is 0.253 e. The van der Waals surface area contributed by atoms with E-state index in [0.29, 0.717) is 13.2 Å². The van der Waals surface area contributed by atoms with Gasteiger partial charge in [-0.15, -0.1) is 0 Å². The number of ether oxygens (including phenoxy) is 1. The summed E-state index contributed by atoms with van der Waals surface area (Å²) < 4.78 is 4.97. The van der Waals surface area contributed by atoms with E-state index in [1.807, 2.05) is 32.0 Å². The monoisotopic (exact) mass is 250 g/mol. The number of likely N-dealkylation sites (N-methyl/N-ethyl adjacent to an activating group) is 1. The van der Waals surface area contributed by atoms with Crippen LogP contribution in [0.3, 0.4) is 0 Å². The first-order chi connectivity index (χ1) is 8.45. The second-order valence-electron chi connectivity index (χ2n) is 4.72. The first-order valence-electron chi connectivity index (χ1n) is 6.03. The molecule has 0 saturated heterocycles. The van der Waals surface area contributed by atoms with Crippen molar-refractivity contribution in [3.63, 3.8) is 0 Å². The van der Waals surface area contributed by atoms with Gasteiger partial charge in [-0.3, -0.25) is 4.79 Å². The Kier molecular flexibility index (Phi) is 5.31. The first kappa shape index (κ1) is 14.7. The van der Waals surface area contributed by atoms with Crippen LogP contribution < -0.4 is 5.73 Å². The molecule has 0 radical (unpaired) electrons. The van der Waals surface area contributed by atoms with Crippen LogP contribution in [-0.2, 0) is 4.74 Å². The van der Waals surface area contributed by atoms with Crippen molar-refractivity contribution in [2.75, 3.05) is 27.3 Å². The topological polar surface area (TPSA) is 55.6 Å². The zero-order valence-electron chi connectivity index (χ0n) is 11.6. The third-order valence-electron chi connectivity index (χ3n) is 2.85. The fourth-order valence-electron chi connectivity index (χ4n) is 1.96. The van der Waals surface area contributed by atoms with E-state index in [-0.39, 0.29) is 11.9 Å². The molecule has 0 bridgehead atoms. The summed E-state index contributed by atoms with van der Waals surface area (Å²) >= 11 is 0. The van der Waals surface area contributed by atoms with E-state index >= 15 is 0 Å². The maximum atomic E-state index is 12.2. The molecule has 1 aromatic carbocycles. The van der Waals surface area contributed by atoms with Crippen molar-refractivity contribution >= 4 is 5.91 Å². The number of hydrogen-bond donors (Lipinski definition) is 1. The lowest BCUT2D eigenvalue weighted by Crippen LogP contribution is -2.41. The van der Waals surface area contributed by atoms with Crippen LogP contribution in [0.2, 0.25) is 0 Å². The third-order valence-corrected chi connectivity index (χ3v) is 2.85. The zero-order chi connectivity index (χ0) is 13.7. The van der Waals surface area contributed by atoms with Crippen molar-refractivity contribution in [2.45, 2.75) is 19.9 Å². The lowest BCUT2D eigenvalue weighted by Gasteiger charge is -2.22. The van der Waals surface area contributed by atoms with E-state index < -0.39 is 0 Å². The van der Waals surface area contributed by atoms with Crippen molar-refractivity contribution < 1.29 is 9.53 Å². The minimum absolute atomic E-state index is 0.000877. The van der Waals surface area contributed by atoms with Gasteiger partial charge in [-0.05, 0) is 25.5 Å². The Morgan fingerprint density at radius 3 is 2.67 bits per heavy atom. The van der Waals surface area contributed by atoms with Crippen LogP contribution in [0.1, 0.15) is 21.5 Å². The summed E-state index contributed by atoms with van der Waals surface area (Å²) in [6.07, 6.45) is 0. The van der Waals surface area contributed by atoms with E-state index in [4.69, 9.17) is 10.5 Å². The largest absolute Gasteiger partial charge is 0.383 e. The Labute approximate surface area is 109 Å². The molecule has 0 aliphatic rings. The quantitative estimate of drug-likeness (QED) is 0.858. The number of amides is 1. The fourth-order valence-corrected chi connectivity index (χ4v) is 1.96.